The number of benzene rings is 8. The largest absolute Gasteiger partial charge is 0.418 e. The Hall–Kier alpha value is -8.76. The minimum absolute atomic E-state index is 0.0611. The highest BCUT2D eigenvalue weighted by atomic mass is 19.4. The Morgan fingerprint density at radius 1 is 0.300 bits per heavy atom. The molecule has 0 fully saturated rings. The van der Waals surface area contributed by atoms with Crippen molar-refractivity contribution < 1.29 is 26.3 Å². The highest BCUT2D eigenvalue weighted by molar-refractivity contribution is 6.12. The van der Waals surface area contributed by atoms with E-state index in [2.05, 4.69) is 0 Å². The zero-order valence-electron chi connectivity index (χ0n) is 36.8. The molecule has 0 atom stereocenters. The van der Waals surface area contributed by atoms with Gasteiger partial charge >= 0.3 is 12.4 Å². The maximum atomic E-state index is 16.1. The van der Waals surface area contributed by atoms with Crippen LogP contribution in [0.3, 0.4) is 0 Å². The van der Waals surface area contributed by atoms with E-state index < -0.39 is 23.5 Å². The molecule has 0 radical (unpaired) electrons. The normalized spacial score (nSPS) is 12.1. The van der Waals surface area contributed by atoms with E-state index in [-0.39, 0.29) is 22.5 Å². The van der Waals surface area contributed by atoms with Gasteiger partial charge in [0.25, 0.3) is 0 Å². The van der Waals surface area contributed by atoms with Crippen molar-refractivity contribution in [3.8, 4) is 67.5 Å². The molecule has 0 bridgehead atoms. The molecule has 70 heavy (non-hydrogen) atoms. The van der Waals surface area contributed by atoms with E-state index in [0.29, 0.717) is 44.2 Å². The summed E-state index contributed by atoms with van der Waals surface area (Å²) in [7, 11) is 0. The van der Waals surface area contributed by atoms with E-state index in [9.17, 15) is 13.2 Å². The number of aromatic nitrogens is 4. The zero-order valence-corrected chi connectivity index (χ0v) is 36.8. The summed E-state index contributed by atoms with van der Waals surface area (Å²) in [6.45, 7) is 0. The number of hydrogen-bond acceptors (Lipinski definition) is 2. The van der Waals surface area contributed by atoms with Crippen molar-refractivity contribution in [2.75, 3.05) is 0 Å². The van der Waals surface area contributed by atoms with Gasteiger partial charge in [-0.15, -0.1) is 0 Å². The Labute approximate surface area is 397 Å². The molecule has 12 rings (SSSR count). The van der Waals surface area contributed by atoms with E-state index >= 15 is 13.2 Å². The van der Waals surface area contributed by atoms with E-state index in [4.69, 9.17) is 9.97 Å². The highest BCUT2D eigenvalue weighted by Crippen LogP contribution is 2.46. The predicted octanol–water partition coefficient (Wildman–Crippen LogP) is 17.0. The number of nitrogens with zero attached hydrogens (tertiary/aromatic N) is 4. The molecule has 0 spiro atoms. The molecule has 4 nitrogen and oxygen atoms in total. The molecule has 338 valence electrons. The molecule has 0 unspecified atom stereocenters. The van der Waals surface area contributed by atoms with Crippen molar-refractivity contribution >= 4 is 43.6 Å². The quantitative estimate of drug-likeness (QED) is 0.149. The van der Waals surface area contributed by atoms with Crippen LogP contribution in [0.5, 0.6) is 0 Å². The third-order valence-electron chi connectivity index (χ3n) is 13.0. The molecule has 0 N–H and O–H groups in total. The maximum Gasteiger partial charge on any atom is 0.418 e. The van der Waals surface area contributed by atoms with Gasteiger partial charge in [0.2, 0.25) is 0 Å². The third-order valence-corrected chi connectivity index (χ3v) is 13.0. The average Bonchev–Trinajstić information content (AvgIpc) is 3.90. The first-order valence-corrected chi connectivity index (χ1v) is 22.5. The van der Waals surface area contributed by atoms with E-state index in [1.165, 1.54) is 18.2 Å². The second kappa shape index (κ2) is 16.5. The minimum atomic E-state index is -4.92. The number of fused-ring (bicyclic) bond motifs is 6. The summed E-state index contributed by atoms with van der Waals surface area (Å²) >= 11 is 0. The lowest BCUT2D eigenvalue weighted by atomic mass is 9.97. The molecule has 0 aliphatic heterocycles. The Balaban J connectivity index is 1.10. The van der Waals surface area contributed by atoms with Crippen molar-refractivity contribution in [1.29, 1.82) is 0 Å². The highest BCUT2D eigenvalue weighted by Gasteiger charge is 2.37. The van der Waals surface area contributed by atoms with E-state index in [1.54, 1.807) is 33.4 Å². The molecule has 0 aliphatic rings. The standard InChI is InChI=1S/C60H36F6N4/c61-59(62,63)42-19-11-18-39(32-42)45-35-58(70-54-27-10-8-21-44(54)47-34-41(29-31-56(47)70)52-25-13-23-50(68-52)38-16-5-2-6-17-38)48(60(64,65)66)36-57(45)69-53-26-9-7-20-43(53)46-33-40(28-30-55(46)69)51-24-12-22-49(67-51)37-14-3-1-4-15-37/h1-36H. The Morgan fingerprint density at radius 2 is 0.729 bits per heavy atom. The first-order valence-electron chi connectivity index (χ1n) is 22.5. The summed E-state index contributed by atoms with van der Waals surface area (Å²) in [4.78, 5) is 9.92. The molecule has 4 aromatic heterocycles. The van der Waals surface area contributed by atoms with Gasteiger partial charge in [0.05, 0.1) is 67.3 Å². The summed E-state index contributed by atoms with van der Waals surface area (Å²) < 4.78 is 95.3. The van der Waals surface area contributed by atoms with Crippen LogP contribution in [0, 0.1) is 0 Å². The van der Waals surface area contributed by atoms with Crippen LogP contribution in [-0.4, -0.2) is 19.1 Å². The van der Waals surface area contributed by atoms with Gasteiger partial charge in [-0.2, -0.15) is 26.3 Å². The number of pyridine rings is 2. The smallest absolute Gasteiger partial charge is 0.309 e. The van der Waals surface area contributed by atoms with Gasteiger partial charge in [0.15, 0.2) is 0 Å². The van der Waals surface area contributed by atoms with Gasteiger partial charge in [-0.3, -0.25) is 0 Å². The first kappa shape index (κ1) is 42.6. The van der Waals surface area contributed by atoms with Crippen molar-refractivity contribution in [3.05, 3.63) is 230 Å². The van der Waals surface area contributed by atoms with Crippen molar-refractivity contribution in [2.45, 2.75) is 12.4 Å². The molecular weight excluding hydrogens is 891 g/mol. The lowest BCUT2D eigenvalue weighted by molar-refractivity contribution is -0.138. The summed E-state index contributed by atoms with van der Waals surface area (Å²) in [6.07, 6.45) is -9.64. The van der Waals surface area contributed by atoms with Gasteiger partial charge in [-0.05, 0) is 90.5 Å². The lowest BCUT2D eigenvalue weighted by Gasteiger charge is -2.22. The molecule has 10 heteroatoms. The summed E-state index contributed by atoms with van der Waals surface area (Å²) in [5, 5.41) is 2.85. The number of para-hydroxylation sites is 2. The Morgan fingerprint density at radius 3 is 1.23 bits per heavy atom. The zero-order chi connectivity index (χ0) is 47.7. The van der Waals surface area contributed by atoms with Crippen LogP contribution >= 0.6 is 0 Å². The maximum absolute atomic E-state index is 16.1. The molecule has 8 aromatic carbocycles. The molecule has 0 saturated heterocycles. The summed E-state index contributed by atoms with van der Waals surface area (Å²) in [5.74, 6) is 0. The molecule has 12 aromatic rings. The molecule has 0 saturated carbocycles. The van der Waals surface area contributed by atoms with Gasteiger partial charge < -0.3 is 9.13 Å². The van der Waals surface area contributed by atoms with Gasteiger partial charge in [-0.25, -0.2) is 9.97 Å². The third kappa shape index (κ3) is 7.36. The molecule has 0 aliphatic carbocycles. The van der Waals surface area contributed by atoms with Crippen molar-refractivity contribution in [3.63, 3.8) is 0 Å². The van der Waals surface area contributed by atoms with Crippen molar-refractivity contribution in [1.82, 2.24) is 19.1 Å². The second-order valence-electron chi connectivity index (χ2n) is 17.2. The molecular formula is C60H36F6N4. The van der Waals surface area contributed by atoms with Gasteiger partial charge in [0, 0.05) is 49.4 Å². The van der Waals surface area contributed by atoms with Crippen LogP contribution in [0.2, 0.25) is 0 Å². The van der Waals surface area contributed by atoms with Gasteiger partial charge in [0.1, 0.15) is 0 Å². The fraction of sp³-hybridized carbons (Fsp3) is 0.0333. The number of halogens is 6. The predicted molar refractivity (Wildman–Crippen MR) is 268 cm³/mol. The van der Waals surface area contributed by atoms with Crippen LogP contribution in [0.15, 0.2) is 218 Å². The van der Waals surface area contributed by atoms with Crippen molar-refractivity contribution in [2.24, 2.45) is 0 Å². The number of hydrogen-bond donors (Lipinski definition) is 0. The van der Waals surface area contributed by atoms with Crippen LogP contribution < -0.4 is 0 Å². The average molecular weight is 927 g/mol. The van der Waals surface area contributed by atoms with Gasteiger partial charge in [-0.1, -0.05) is 133 Å². The van der Waals surface area contributed by atoms with Crippen LogP contribution in [0.25, 0.3) is 111 Å². The Kier molecular flexibility index (Phi) is 10.0. The van der Waals surface area contributed by atoms with Crippen LogP contribution in [-0.2, 0) is 12.4 Å². The SMILES string of the molecule is FC(F)(F)c1cccc(-c2cc(-n3c4ccccc4c4cc(-c5cccc(-c6ccccc6)n5)ccc43)c(C(F)(F)F)cc2-n2c3ccccc3c3cc(-c4cccc(-c5ccccc5)n4)ccc32)c1. The number of rotatable bonds is 7. The minimum Gasteiger partial charge on any atom is -0.309 e. The molecule has 4 heterocycles. The van der Waals surface area contributed by atoms with Crippen LogP contribution in [0.1, 0.15) is 11.1 Å². The first-order chi connectivity index (χ1) is 34.0. The summed E-state index contributed by atoms with van der Waals surface area (Å²) in [6, 6.07) is 64.1. The van der Waals surface area contributed by atoms with E-state index in [1.807, 2.05) is 158 Å². The lowest BCUT2D eigenvalue weighted by Crippen LogP contribution is -2.13. The van der Waals surface area contributed by atoms with E-state index in [0.717, 1.165) is 62.6 Å². The molecule has 0 amide bonds. The summed E-state index contributed by atoms with van der Waals surface area (Å²) in [5.41, 5.74) is 6.66. The topological polar surface area (TPSA) is 35.6 Å². The van der Waals surface area contributed by atoms with Crippen LogP contribution in [0.4, 0.5) is 26.3 Å². The fourth-order valence-corrected chi connectivity index (χ4v) is 9.78. The Bertz CT molecular complexity index is 3980. The number of alkyl halides is 6. The second-order valence-corrected chi connectivity index (χ2v) is 17.2. The fourth-order valence-electron chi connectivity index (χ4n) is 9.78. The monoisotopic (exact) mass is 926 g/mol.